The predicted molar refractivity (Wildman–Crippen MR) is 64.7 cm³/mol. The minimum atomic E-state index is -1.43. The molecule has 1 amide bonds. The monoisotopic (exact) mass is 300 g/mol. The van der Waals surface area contributed by atoms with Crippen molar-refractivity contribution in [2.75, 3.05) is 13.1 Å². The van der Waals surface area contributed by atoms with E-state index >= 15 is 0 Å². The average molecular weight is 300 g/mol. The van der Waals surface area contributed by atoms with Crippen LogP contribution in [-0.2, 0) is 4.79 Å². The fraction of sp³-hybridized carbons (Fsp3) is 0.333. The van der Waals surface area contributed by atoms with Gasteiger partial charge < -0.3 is 10.0 Å². The smallest absolute Gasteiger partial charge is 0.308 e. The molecule has 21 heavy (non-hydrogen) atoms. The van der Waals surface area contributed by atoms with Crippen molar-refractivity contribution in [3.63, 3.8) is 0 Å². The summed E-state index contributed by atoms with van der Waals surface area (Å²) in [7, 11) is 0. The van der Waals surface area contributed by atoms with Crippen molar-refractivity contribution >= 4 is 17.6 Å². The molecule has 1 saturated heterocycles. The molecule has 1 atom stereocenters. The van der Waals surface area contributed by atoms with Gasteiger partial charge in [-0.1, -0.05) is 0 Å². The summed E-state index contributed by atoms with van der Waals surface area (Å²) in [6, 6.07) is 0.953. The van der Waals surface area contributed by atoms with Crippen LogP contribution in [0.4, 0.5) is 14.5 Å². The minimum absolute atomic E-state index is 0.0690. The third-order valence-electron chi connectivity index (χ3n) is 3.27. The van der Waals surface area contributed by atoms with Gasteiger partial charge in [0.05, 0.1) is 22.5 Å². The van der Waals surface area contributed by atoms with Crippen molar-refractivity contribution in [3.05, 3.63) is 39.4 Å². The third kappa shape index (κ3) is 2.81. The number of rotatable bonds is 3. The second-order valence-corrected chi connectivity index (χ2v) is 4.62. The molecule has 1 unspecified atom stereocenters. The Hall–Kier alpha value is -2.58. The summed E-state index contributed by atoms with van der Waals surface area (Å²) in [6.07, 6.45) is 0.195. The second kappa shape index (κ2) is 5.43. The van der Waals surface area contributed by atoms with Crippen molar-refractivity contribution in [1.82, 2.24) is 4.90 Å². The molecule has 0 radical (unpaired) electrons. The zero-order chi connectivity index (χ0) is 15.7. The molecule has 1 N–H and O–H groups in total. The van der Waals surface area contributed by atoms with Crippen LogP contribution in [0, 0.1) is 27.7 Å². The highest BCUT2D eigenvalue weighted by molar-refractivity contribution is 5.95. The van der Waals surface area contributed by atoms with E-state index in [2.05, 4.69) is 0 Å². The molecule has 0 aliphatic carbocycles. The maximum Gasteiger partial charge on any atom is 0.308 e. The van der Waals surface area contributed by atoms with E-state index in [1.807, 2.05) is 0 Å². The third-order valence-corrected chi connectivity index (χ3v) is 3.27. The average Bonchev–Trinajstić information content (AvgIpc) is 2.89. The highest BCUT2D eigenvalue weighted by Crippen LogP contribution is 2.25. The maximum absolute atomic E-state index is 13.9. The normalized spacial score (nSPS) is 17.8. The number of halogens is 2. The number of amides is 1. The van der Waals surface area contributed by atoms with E-state index in [9.17, 15) is 28.5 Å². The van der Waals surface area contributed by atoms with Crippen LogP contribution in [0.2, 0.25) is 0 Å². The van der Waals surface area contributed by atoms with Crippen LogP contribution in [0.5, 0.6) is 0 Å². The molecule has 1 aromatic rings. The zero-order valence-corrected chi connectivity index (χ0v) is 10.6. The van der Waals surface area contributed by atoms with Gasteiger partial charge >= 0.3 is 11.7 Å². The number of nitro groups is 1. The van der Waals surface area contributed by atoms with Crippen LogP contribution in [0.15, 0.2) is 12.1 Å². The van der Waals surface area contributed by atoms with Crippen molar-refractivity contribution in [3.8, 4) is 0 Å². The molecule has 2 rings (SSSR count). The lowest BCUT2D eigenvalue weighted by Crippen LogP contribution is -2.30. The number of nitrogens with zero attached hydrogens (tertiary/aromatic N) is 2. The van der Waals surface area contributed by atoms with E-state index in [4.69, 9.17) is 5.11 Å². The lowest BCUT2D eigenvalue weighted by molar-refractivity contribution is -0.387. The number of likely N-dealkylation sites (tertiary alicyclic amines) is 1. The largest absolute Gasteiger partial charge is 0.481 e. The van der Waals surface area contributed by atoms with E-state index in [-0.39, 0.29) is 19.5 Å². The van der Waals surface area contributed by atoms with Crippen molar-refractivity contribution in [1.29, 1.82) is 0 Å². The van der Waals surface area contributed by atoms with E-state index in [1.165, 1.54) is 0 Å². The van der Waals surface area contributed by atoms with Crippen molar-refractivity contribution in [2.24, 2.45) is 5.92 Å². The quantitative estimate of drug-likeness (QED) is 0.672. The summed E-state index contributed by atoms with van der Waals surface area (Å²) in [5, 5.41) is 19.4. The molecule has 1 aliphatic heterocycles. The van der Waals surface area contributed by atoms with E-state index < -0.39 is 45.6 Å². The van der Waals surface area contributed by atoms with Gasteiger partial charge in [0.25, 0.3) is 5.91 Å². The van der Waals surface area contributed by atoms with Gasteiger partial charge in [0, 0.05) is 13.1 Å². The van der Waals surface area contributed by atoms with Crippen LogP contribution >= 0.6 is 0 Å². The number of carboxylic acids is 1. The Morgan fingerprint density at radius 1 is 1.38 bits per heavy atom. The highest BCUT2D eigenvalue weighted by Gasteiger charge is 2.34. The van der Waals surface area contributed by atoms with E-state index in [0.29, 0.717) is 12.1 Å². The number of carboxylic acid groups (broad SMARTS) is 1. The number of hydrogen-bond acceptors (Lipinski definition) is 4. The molecule has 7 nitrogen and oxygen atoms in total. The first-order valence-corrected chi connectivity index (χ1v) is 5.96. The van der Waals surface area contributed by atoms with Gasteiger partial charge in [0.15, 0.2) is 0 Å². The van der Waals surface area contributed by atoms with Crippen LogP contribution in [0.25, 0.3) is 0 Å². The van der Waals surface area contributed by atoms with Crippen LogP contribution in [0.1, 0.15) is 16.8 Å². The van der Waals surface area contributed by atoms with Gasteiger partial charge in [-0.2, -0.15) is 4.39 Å². The molecule has 9 heteroatoms. The number of nitro benzene ring substituents is 1. The lowest BCUT2D eigenvalue weighted by Gasteiger charge is -2.16. The molecule has 0 bridgehead atoms. The van der Waals surface area contributed by atoms with Gasteiger partial charge in [-0.25, -0.2) is 4.39 Å². The van der Waals surface area contributed by atoms with Gasteiger partial charge in [0.1, 0.15) is 5.82 Å². The Balaban J connectivity index is 2.32. The molecule has 0 saturated carbocycles. The molecule has 1 fully saturated rings. The van der Waals surface area contributed by atoms with Crippen molar-refractivity contribution in [2.45, 2.75) is 6.42 Å². The minimum Gasteiger partial charge on any atom is -0.481 e. The summed E-state index contributed by atoms with van der Waals surface area (Å²) in [5.74, 6) is -5.36. The fourth-order valence-electron chi connectivity index (χ4n) is 2.18. The predicted octanol–water partition coefficient (Wildman–Crippen LogP) is 1.42. The Bertz CT molecular complexity index is 634. The first-order chi connectivity index (χ1) is 9.81. The Morgan fingerprint density at radius 3 is 2.57 bits per heavy atom. The van der Waals surface area contributed by atoms with E-state index in [0.717, 1.165) is 4.90 Å². The first-order valence-electron chi connectivity index (χ1n) is 5.96. The summed E-state index contributed by atoms with van der Waals surface area (Å²) in [5.41, 5.74) is -1.90. The Labute approximate surface area is 116 Å². The molecular weight excluding hydrogens is 290 g/mol. The number of carbonyl (C=O) groups is 2. The van der Waals surface area contributed by atoms with Gasteiger partial charge in [-0.15, -0.1) is 0 Å². The maximum atomic E-state index is 13.9. The SMILES string of the molecule is O=C(O)C1CCN(C(=O)c2cc(F)cc([N+](=O)[O-])c2F)C1. The second-order valence-electron chi connectivity index (χ2n) is 4.62. The number of hydrogen-bond donors (Lipinski definition) is 1. The Kier molecular flexibility index (Phi) is 3.83. The number of aliphatic carboxylic acids is 1. The zero-order valence-electron chi connectivity index (χ0n) is 10.6. The summed E-state index contributed by atoms with van der Waals surface area (Å²) in [4.78, 5) is 33.4. The number of carbonyl (C=O) groups excluding carboxylic acids is 1. The molecular formula is C12H10F2N2O5. The highest BCUT2D eigenvalue weighted by atomic mass is 19.1. The summed E-state index contributed by atoms with van der Waals surface area (Å²) < 4.78 is 27.2. The molecule has 1 aromatic carbocycles. The first kappa shape index (κ1) is 14.8. The molecule has 1 heterocycles. The van der Waals surface area contributed by atoms with Crippen LogP contribution in [-0.4, -0.2) is 39.9 Å². The topological polar surface area (TPSA) is 101 Å². The van der Waals surface area contributed by atoms with Crippen LogP contribution in [0.3, 0.4) is 0 Å². The standard InChI is InChI=1S/C12H10F2N2O5/c13-7-3-8(10(14)9(4-7)16(20)21)11(17)15-2-1-6(5-15)12(18)19/h3-4,6H,1-2,5H2,(H,18,19). The fourth-order valence-corrected chi connectivity index (χ4v) is 2.18. The Morgan fingerprint density at radius 2 is 2.05 bits per heavy atom. The lowest BCUT2D eigenvalue weighted by atomic mass is 10.1. The number of benzene rings is 1. The van der Waals surface area contributed by atoms with Crippen molar-refractivity contribution < 1.29 is 28.4 Å². The van der Waals surface area contributed by atoms with Crippen LogP contribution < -0.4 is 0 Å². The summed E-state index contributed by atoms with van der Waals surface area (Å²) >= 11 is 0. The molecule has 1 aliphatic rings. The van der Waals surface area contributed by atoms with E-state index in [1.54, 1.807) is 0 Å². The van der Waals surface area contributed by atoms with Gasteiger partial charge in [-0.3, -0.25) is 19.7 Å². The molecule has 112 valence electrons. The molecule has 0 aromatic heterocycles. The van der Waals surface area contributed by atoms with Gasteiger partial charge in [0.2, 0.25) is 5.82 Å². The summed E-state index contributed by atoms with van der Waals surface area (Å²) in [6.45, 7) is -0.0720. The van der Waals surface area contributed by atoms with Gasteiger partial charge in [-0.05, 0) is 12.5 Å². The molecule has 0 spiro atoms.